The van der Waals surface area contributed by atoms with E-state index >= 15 is 0 Å². The summed E-state index contributed by atoms with van der Waals surface area (Å²) in [6, 6.07) is 13.0. The fraction of sp³-hybridized carbons (Fsp3) is 0.111. The lowest BCUT2D eigenvalue weighted by atomic mass is 10.3. The summed E-state index contributed by atoms with van der Waals surface area (Å²) in [5, 5.41) is 4.44. The number of benzene rings is 1. The van der Waals surface area contributed by atoms with Crippen molar-refractivity contribution in [3.05, 3.63) is 60.6 Å². The lowest BCUT2D eigenvalue weighted by Gasteiger charge is -2.08. The van der Waals surface area contributed by atoms with Crippen molar-refractivity contribution in [3.8, 4) is 28.7 Å². The van der Waals surface area contributed by atoms with Crippen molar-refractivity contribution in [2.75, 3.05) is 6.79 Å². The first kappa shape index (κ1) is 13.9. The van der Waals surface area contributed by atoms with E-state index < -0.39 is 0 Å². The first-order valence-electron chi connectivity index (χ1n) is 7.77. The van der Waals surface area contributed by atoms with Crippen molar-refractivity contribution >= 4 is 5.65 Å². The van der Waals surface area contributed by atoms with Crippen LogP contribution in [0.15, 0.2) is 59.3 Å². The third-order valence-corrected chi connectivity index (χ3v) is 3.89. The van der Waals surface area contributed by atoms with Crippen LogP contribution in [0, 0.1) is 0 Å². The topological polar surface area (TPSA) is 71.0 Å². The fourth-order valence-electron chi connectivity index (χ4n) is 2.71. The minimum atomic E-state index is 0.214. The molecule has 0 bridgehead atoms. The van der Waals surface area contributed by atoms with Crippen molar-refractivity contribution in [2.45, 2.75) is 6.61 Å². The van der Waals surface area contributed by atoms with Crippen LogP contribution in [0.2, 0.25) is 0 Å². The lowest BCUT2D eigenvalue weighted by molar-refractivity contribution is 0.169. The number of aromatic nitrogens is 3. The molecule has 0 aliphatic carbocycles. The zero-order valence-electron chi connectivity index (χ0n) is 13.1. The van der Waals surface area contributed by atoms with Gasteiger partial charge in [-0.3, -0.25) is 0 Å². The Morgan fingerprint density at radius 2 is 2.12 bits per heavy atom. The highest BCUT2D eigenvalue weighted by Gasteiger charge is 2.18. The molecule has 4 heterocycles. The molecule has 0 spiro atoms. The molecule has 1 aliphatic rings. The van der Waals surface area contributed by atoms with Crippen LogP contribution in [0.1, 0.15) is 5.69 Å². The largest absolute Gasteiger partial charge is 0.483 e. The predicted octanol–water partition coefficient (Wildman–Crippen LogP) is 3.30. The van der Waals surface area contributed by atoms with Gasteiger partial charge >= 0.3 is 0 Å². The van der Waals surface area contributed by atoms with E-state index in [2.05, 4.69) is 10.1 Å². The van der Waals surface area contributed by atoms with E-state index in [1.54, 1.807) is 10.8 Å². The molecule has 124 valence electrons. The van der Waals surface area contributed by atoms with Crippen LogP contribution in [-0.2, 0) is 6.61 Å². The number of para-hydroxylation sites is 1. The number of furan rings is 1. The first-order valence-corrected chi connectivity index (χ1v) is 7.77. The molecule has 5 rings (SSSR count). The smallest absolute Gasteiger partial charge is 0.231 e. The molecule has 0 amide bonds. The van der Waals surface area contributed by atoms with Crippen molar-refractivity contribution in [1.82, 2.24) is 14.6 Å². The van der Waals surface area contributed by atoms with E-state index in [0.717, 1.165) is 17.0 Å². The molecule has 7 heteroatoms. The van der Waals surface area contributed by atoms with Gasteiger partial charge in [0.25, 0.3) is 0 Å². The number of hydrogen-bond acceptors (Lipinski definition) is 6. The molecule has 0 atom stereocenters. The highest BCUT2D eigenvalue weighted by molar-refractivity contribution is 5.59. The Morgan fingerprint density at radius 3 is 3.04 bits per heavy atom. The molecule has 4 aromatic rings. The number of nitrogens with zero attached hydrogens (tertiary/aromatic N) is 3. The number of hydrogen-bond donors (Lipinski definition) is 0. The van der Waals surface area contributed by atoms with Crippen LogP contribution in [0.3, 0.4) is 0 Å². The summed E-state index contributed by atoms with van der Waals surface area (Å²) in [5.74, 6) is 2.68. The quantitative estimate of drug-likeness (QED) is 0.570. The Kier molecular flexibility index (Phi) is 3.09. The van der Waals surface area contributed by atoms with Gasteiger partial charge in [0, 0.05) is 12.3 Å². The Labute approximate surface area is 142 Å². The molecule has 0 N–H and O–H groups in total. The maximum absolute atomic E-state index is 5.85. The monoisotopic (exact) mass is 335 g/mol. The Morgan fingerprint density at radius 1 is 1.12 bits per heavy atom. The van der Waals surface area contributed by atoms with Crippen LogP contribution in [0.25, 0.3) is 17.1 Å². The second-order valence-electron chi connectivity index (χ2n) is 5.51. The van der Waals surface area contributed by atoms with Gasteiger partial charge in [0.1, 0.15) is 12.3 Å². The van der Waals surface area contributed by atoms with Crippen LogP contribution < -0.4 is 14.2 Å². The number of rotatable bonds is 4. The molecule has 0 radical (unpaired) electrons. The lowest BCUT2D eigenvalue weighted by Crippen LogP contribution is -2.01. The van der Waals surface area contributed by atoms with Crippen molar-refractivity contribution in [1.29, 1.82) is 0 Å². The highest BCUT2D eigenvalue weighted by Crippen LogP contribution is 2.40. The summed E-state index contributed by atoms with van der Waals surface area (Å²) >= 11 is 0. The summed E-state index contributed by atoms with van der Waals surface area (Å²) in [7, 11) is 0. The van der Waals surface area contributed by atoms with E-state index in [4.69, 9.17) is 18.6 Å². The molecular weight excluding hydrogens is 322 g/mol. The summed E-state index contributed by atoms with van der Waals surface area (Å²) in [6.07, 6.45) is 3.47. The molecule has 1 aliphatic heterocycles. The second-order valence-corrected chi connectivity index (χ2v) is 5.51. The third-order valence-electron chi connectivity index (χ3n) is 3.89. The fourth-order valence-corrected chi connectivity index (χ4v) is 2.71. The summed E-state index contributed by atoms with van der Waals surface area (Å²) < 4.78 is 23.7. The average molecular weight is 335 g/mol. The van der Waals surface area contributed by atoms with Gasteiger partial charge in [-0.15, -0.1) is 0 Å². The molecule has 0 saturated heterocycles. The summed E-state index contributed by atoms with van der Waals surface area (Å²) in [6.45, 7) is 0.531. The molecule has 25 heavy (non-hydrogen) atoms. The SMILES string of the molecule is c1coc(-c2cc3nc(COc4cccc5c4OCO5)ccn3n2)c1. The van der Waals surface area contributed by atoms with Gasteiger partial charge < -0.3 is 18.6 Å². The average Bonchev–Trinajstić information content (AvgIpc) is 3.38. The molecule has 7 nitrogen and oxygen atoms in total. The maximum Gasteiger partial charge on any atom is 0.231 e. The van der Waals surface area contributed by atoms with Gasteiger partial charge in [-0.2, -0.15) is 5.10 Å². The van der Waals surface area contributed by atoms with Gasteiger partial charge in [0.15, 0.2) is 22.9 Å². The van der Waals surface area contributed by atoms with E-state index in [9.17, 15) is 0 Å². The zero-order chi connectivity index (χ0) is 16.6. The Hall–Kier alpha value is -3.48. The van der Waals surface area contributed by atoms with Gasteiger partial charge in [-0.25, -0.2) is 9.50 Å². The standard InChI is InChI=1S/C18H13N3O4/c1-3-15(18-16(4-1)24-11-25-18)23-10-12-6-7-21-17(19-12)9-13(20-21)14-5-2-8-22-14/h1-9H,10-11H2. The minimum Gasteiger partial charge on any atom is -0.483 e. The Bertz CT molecular complexity index is 1040. The number of fused-ring (bicyclic) bond motifs is 2. The summed E-state index contributed by atoms with van der Waals surface area (Å²) in [5.41, 5.74) is 2.25. The van der Waals surface area contributed by atoms with Crippen molar-refractivity contribution < 1.29 is 18.6 Å². The molecule has 0 fully saturated rings. The maximum atomic E-state index is 5.85. The second kappa shape index (κ2) is 5.55. The van der Waals surface area contributed by atoms with Crippen LogP contribution in [-0.4, -0.2) is 21.4 Å². The van der Waals surface area contributed by atoms with E-state index in [-0.39, 0.29) is 6.79 Å². The van der Waals surface area contributed by atoms with Gasteiger partial charge in [0.2, 0.25) is 12.5 Å². The van der Waals surface area contributed by atoms with Crippen molar-refractivity contribution in [2.24, 2.45) is 0 Å². The van der Waals surface area contributed by atoms with E-state index in [0.29, 0.717) is 29.6 Å². The zero-order valence-corrected chi connectivity index (χ0v) is 13.1. The minimum absolute atomic E-state index is 0.214. The van der Waals surface area contributed by atoms with Gasteiger partial charge in [0.05, 0.1) is 12.0 Å². The van der Waals surface area contributed by atoms with Crippen molar-refractivity contribution in [3.63, 3.8) is 0 Å². The predicted molar refractivity (Wildman–Crippen MR) is 87.6 cm³/mol. The van der Waals surface area contributed by atoms with Gasteiger partial charge in [-0.05, 0) is 30.3 Å². The third kappa shape index (κ3) is 2.46. The van der Waals surface area contributed by atoms with E-state index in [1.165, 1.54) is 0 Å². The van der Waals surface area contributed by atoms with E-state index in [1.807, 2.05) is 48.7 Å². The normalized spacial score (nSPS) is 12.6. The number of ether oxygens (including phenoxy) is 3. The molecule has 1 aromatic carbocycles. The first-order chi connectivity index (χ1) is 12.4. The van der Waals surface area contributed by atoms with Gasteiger partial charge in [-0.1, -0.05) is 6.07 Å². The van der Waals surface area contributed by atoms with Crippen LogP contribution in [0.5, 0.6) is 17.2 Å². The summed E-state index contributed by atoms with van der Waals surface area (Å²) in [4.78, 5) is 4.58. The molecule has 3 aromatic heterocycles. The molecule has 0 saturated carbocycles. The highest BCUT2D eigenvalue weighted by atomic mass is 16.7. The van der Waals surface area contributed by atoms with Crippen LogP contribution >= 0.6 is 0 Å². The molecule has 0 unspecified atom stereocenters. The van der Waals surface area contributed by atoms with Crippen LogP contribution in [0.4, 0.5) is 0 Å². The Balaban J connectivity index is 1.39. The molecular formula is C18H13N3O4.